The molecule has 0 heterocycles. The first kappa shape index (κ1) is 25.5. The molecule has 0 aliphatic heterocycles. The van der Waals surface area contributed by atoms with Crippen LogP contribution < -0.4 is 14.2 Å². The minimum atomic E-state index is -0.503. The van der Waals surface area contributed by atoms with Crippen molar-refractivity contribution in [3.8, 4) is 17.2 Å². The second-order valence-corrected chi connectivity index (χ2v) is 9.10. The molecular weight excluding hydrogens is 440 g/mol. The number of rotatable bonds is 7. The van der Waals surface area contributed by atoms with Gasteiger partial charge in [-0.15, -0.1) is 0 Å². The third-order valence-corrected chi connectivity index (χ3v) is 5.20. The second kappa shape index (κ2) is 11.3. The lowest BCUT2D eigenvalue weighted by Crippen LogP contribution is -2.16. The fourth-order valence-electron chi connectivity index (χ4n) is 3.26. The summed E-state index contributed by atoms with van der Waals surface area (Å²) >= 11 is 0. The van der Waals surface area contributed by atoms with Crippen LogP contribution in [0.4, 0.5) is 0 Å². The van der Waals surface area contributed by atoms with E-state index < -0.39 is 11.9 Å². The van der Waals surface area contributed by atoms with Crippen molar-refractivity contribution in [2.24, 2.45) is 0 Å². The molecule has 0 aliphatic rings. The largest absolute Gasteiger partial charge is 0.497 e. The van der Waals surface area contributed by atoms with Gasteiger partial charge in [0.05, 0.1) is 7.11 Å². The highest BCUT2D eigenvalue weighted by atomic mass is 16.5. The van der Waals surface area contributed by atoms with E-state index in [1.165, 1.54) is 12.2 Å². The summed E-state index contributed by atoms with van der Waals surface area (Å²) < 4.78 is 16.2. The highest BCUT2D eigenvalue weighted by Gasteiger charge is 2.21. The summed E-state index contributed by atoms with van der Waals surface area (Å²) in [5.41, 5.74) is 3.30. The molecule has 35 heavy (non-hydrogen) atoms. The van der Waals surface area contributed by atoms with Gasteiger partial charge in [-0.1, -0.05) is 62.7 Å². The average molecular weight is 471 g/mol. The Balaban J connectivity index is 1.70. The molecule has 180 valence electrons. The van der Waals surface area contributed by atoms with Crippen LogP contribution in [0, 0.1) is 6.92 Å². The van der Waals surface area contributed by atoms with Crippen LogP contribution in [0.3, 0.4) is 0 Å². The first-order chi connectivity index (χ1) is 16.6. The van der Waals surface area contributed by atoms with Gasteiger partial charge in [0.25, 0.3) is 0 Å². The van der Waals surface area contributed by atoms with Gasteiger partial charge < -0.3 is 14.2 Å². The van der Waals surface area contributed by atoms with Crippen LogP contribution >= 0.6 is 0 Å². The number of aryl methyl sites for hydroxylation is 1. The Labute approximate surface area is 206 Å². The fourth-order valence-corrected chi connectivity index (χ4v) is 3.26. The number of benzene rings is 3. The zero-order valence-corrected chi connectivity index (χ0v) is 20.7. The normalized spacial score (nSPS) is 11.6. The predicted molar refractivity (Wildman–Crippen MR) is 139 cm³/mol. The molecule has 5 heteroatoms. The van der Waals surface area contributed by atoms with Gasteiger partial charge >= 0.3 is 11.9 Å². The molecule has 0 radical (unpaired) electrons. The second-order valence-electron chi connectivity index (χ2n) is 9.10. The average Bonchev–Trinajstić information content (AvgIpc) is 2.83. The molecule has 0 saturated carbocycles. The van der Waals surface area contributed by atoms with E-state index in [1.807, 2.05) is 76.2 Å². The summed E-state index contributed by atoms with van der Waals surface area (Å²) in [6, 6.07) is 20.1. The van der Waals surface area contributed by atoms with E-state index in [1.54, 1.807) is 37.5 Å². The van der Waals surface area contributed by atoms with Crippen molar-refractivity contribution in [1.29, 1.82) is 0 Å². The van der Waals surface area contributed by atoms with Crippen molar-refractivity contribution in [2.75, 3.05) is 7.11 Å². The van der Waals surface area contributed by atoms with E-state index >= 15 is 0 Å². The minimum absolute atomic E-state index is 0.352. The van der Waals surface area contributed by atoms with Gasteiger partial charge in [0.1, 0.15) is 17.2 Å². The predicted octanol–water partition coefficient (Wildman–Crippen LogP) is 6.54. The van der Waals surface area contributed by atoms with Gasteiger partial charge in [-0.25, -0.2) is 9.59 Å². The highest BCUT2D eigenvalue weighted by Crippen LogP contribution is 2.34. The van der Waals surface area contributed by atoms with Gasteiger partial charge in [-0.05, 0) is 65.9 Å². The van der Waals surface area contributed by atoms with Gasteiger partial charge in [-0.2, -0.15) is 0 Å². The third-order valence-electron chi connectivity index (χ3n) is 5.20. The molecule has 0 atom stereocenters. The van der Waals surface area contributed by atoms with Crippen LogP contribution in [-0.4, -0.2) is 19.0 Å². The van der Waals surface area contributed by atoms with Gasteiger partial charge in [0, 0.05) is 17.7 Å². The first-order valence-electron chi connectivity index (χ1n) is 11.3. The number of carbonyl (C=O) groups is 2. The van der Waals surface area contributed by atoms with Crippen LogP contribution in [-0.2, 0) is 15.0 Å². The summed E-state index contributed by atoms with van der Waals surface area (Å²) in [6.07, 6.45) is 6.14. The topological polar surface area (TPSA) is 61.8 Å². The molecule has 3 aromatic carbocycles. The number of methoxy groups -OCH3 is 1. The van der Waals surface area contributed by atoms with E-state index in [0.29, 0.717) is 11.5 Å². The fraction of sp³-hybridized carbons (Fsp3) is 0.200. The molecule has 0 amide bonds. The summed E-state index contributed by atoms with van der Waals surface area (Å²) in [5.74, 6) is 0.541. The molecule has 0 spiro atoms. The molecule has 0 saturated heterocycles. The number of ether oxygens (including phenoxy) is 3. The number of hydrogen-bond acceptors (Lipinski definition) is 5. The summed E-state index contributed by atoms with van der Waals surface area (Å²) in [6.45, 7) is 7.99. The molecule has 0 fully saturated rings. The van der Waals surface area contributed by atoms with Gasteiger partial charge in [0.2, 0.25) is 0 Å². The quantitative estimate of drug-likeness (QED) is 0.223. The third kappa shape index (κ3) is 7.71. The lowest BCUT2D eigenvalue weighted by Gasteiger charge is -2.22. The maximum Gasteiger partial charge on any atom is 0.336 e. The summed E-state index contributed by atoms with van der Waals surface area (Å²) in [5, 5.41) is 0. The van der Waals surface area contributed by atoms with E-state index in [4.69, 9.17) is 14.2 Å². The molecule has 0 N–H and O–H groups in total. The van der Waals surface area contributed by atoms with Crippen LogP contribution in [0.2, 0.25) is 0 Å². The minimum Gasteiger partial charge on any atom is -0.497 e. The Morgan fingerprint density at radius 1 is 0.714 bits per heavy atom. The maximum absolute atomic E-state index is 12.5. The van der Waals surface area contributed by atoms with Crippen LogP contribution in [0.5, 0.6) is 17.2 Å². The van der Waals surface area contributed by atoms with E-state index in [0.717, 1.165) is 28.0 Å². The van der Waals surface area contributed by atoms with E-state index in [-0.39, 0.29) is 5.41 Å². The molecule has 0 unspecified atom stereocenters. The lowest BCUT2D eigenvalue weighted by molar-refractivity contribution is -0.130. The van der Waals surface area contributed by atoms with Crippen molar-refractivity contribution in [1.82, 2.24) is 0 Å². The van der Waals surface area contributed by atoms with Crippen LogP contribution in [0.25, 0.3) is 12.2 Å². The summed E-state index contributed by atoms with van der Waals surface area (Å²) in [7, 11) is 1.60. The molecular formula is C30H30O5. The zero-order chi connectivity index (χ0) is 25.4. The Hall–Kier alpha value is -4.12. The smallest absolute Gasteiger partial charge is 0.336 e. The SMILES string of the molecule is COc1ccc(/C=C/C(=O)Oc2ccc(OC(=O)/C=C/c3ccc(C)cc3)cc2C(C)(C)C)cc1. The van der Waals surface area contributed by atoms with Crippen molar-refractivity contribution < 1.29 is 23.8 Å². The van der Waals surface area contributed by atoms with Crippen molar-refractivity contribution >= 4 is 24.1 Å². The Morgan fingerprint density at radius 3 is 1.77 bits per heavy atom. The van der Waals surface area contributed by atoms with Crippen molar-refractivity contribution in [3.05, 3.63) is 101 Å². The van der Waals surface area contributed by atoms with E-state index in [9.17, 15) is 9.59 Å². The molecule has 0 aromatic heterocycles. The van der Waals surface area contributed by atoms with Gasteiger partial charge in [-0.3, -0.25) is 0 Å². The Bertz CT molecular complexity index is 1230. The Kier molecular flexibility index (Phi) is 8.26. The first-order valence-corrected chi connectivity index (χ1v) is 11.3. The molecule has 0 aliphatic carbocycles. The van der Waals surface area contributed by atoms with Crippen molar-refractivity contribution in [2.45, 2.75) is 33.1 Å². The lowest BCUT2D eigenvalue weighted by atomic mass is 9.86. The molecule has 5 nitrogen and oxygen atoms in total. The van der Waals surface area contributed by atoms with Crippen LogP contribution in [0.1, 0.15) is 43.0 Å². The molecule has 3 aromatic rings. The van der Waals surface area contributed by atoms with Crippen LogP contribution in [0.15, 0.2) is 78.9 Å². The number of carbonyl (C=O) groups excluding carboxylic acids is 2. The maximum atomic E-state index is 12.5. The monoisotopic (exact) mass is 470 g/mol. The Morgan fingerprint density at radius 2 is 1.23 bits per heavy atom. The zero-order valence-electron chi connectivity index (χ0n) is 20.7. The van der Waals surface area contributed by atoms with E-state index in [2.05, 4.69) is 0 Å². The number of esters is 2. The number of hydrogen-bond donors (Lipinski definition) is 0. The molecule has 0 bridgehead atoms. The standard InChI is InChI=1S/C30H30O5/c1-21-6-8-22(9-7-21)12-18-28(31)34-25-16-17-27(26(20-25)30(2,3)4)35-29(32)19-13-23-10-14-24(33-5)15-11-23/h6-20H,1-5H3/b18-12+,19-13+. The summed E-state index contributed by atoms with van der Waals surface area (Å²) in [4.78, 5) is 24.8. The van der Waals surface area contributed by atoms with Crippen molar-refractivity contribution in [3.63, 3.8) is 0 Å². The highest BCUT2D eigenvalue weighted by molar-refractivity contribution is 5.90. The van der Waals surface area contributed by atoms with Gasteiger partial charge in [0.15, 0.2) is 0 Å². The molecule has 3 rings (SSSR count).